The number of likely N-dealkylation sites (tertiary alicyclic amines) is 1. The molecule has 1 aliphatic heterocycles. The molecular weight excluding hydrogens is 359 g/mol. The zero-order valence-corrected chi connectivity index (χ0v) is 15.7. The monoisotopic (exact) mass is 385 g/mol. The molecule has 1 N–H and O–H groups in total. The number of carbonyl (C=O) groups excluding carboxylic acids is 2. The molecule has 150 valence electrons. The van der Waals surface area contributed by atoms with Crippen molar-refractivity contribution in [2.75, 3.05) is 38.0 Å². The van der Waals surface area contributed by atoms with Gasteiger partial charge in [-0.2, -0.15) is 13.2 Å². The first kappa shape index (κ1) is 21.2. The van der Waals surface area contributed by atoms with Gasteiger partial charge in [-0.3, -0.25) is 14.5 Å². The smallest absolute Gasteiger partial charge is 0.333 e. The van der Waals surface area contributed by atoms with Gasteiger partial charge in [0.1, 0.15) is 0 Å². The van der Waals surface area contributed by atoms with Crippen LogP contribution in [0.25, 0.3) is 0 Å². The summed E-state index contributed by atoms with van der Waals surface area (Å²) in [5.74, 6) is -0.182. The summed E-state index contributed by atoms with van der Waals surface area (Å²) in [6.07, 6.45) is -2.49. The number of amides is 2. The molecule has 0 spiro atoms. The third-order valence-electron chi connectivity index (χ3n) is 4.81. The number of nitrogens with zero attached hydrogens (tertiary/aromatic N) is 2. The van der Waals surface area contributed by atoms with Crippen LogP contribution in [0, 0.1) is 5.92 Å². The van der Waals surface area contributed by atoms with Crippen molar-refractivity contribution in [1.29, 1.82) is 0 Å². The Kier molecular flexibility index (Phi) is 7.24. The van der Waals surface area contributed by atoms with Crippen molar-refractivity contribution in [1.82, 2.24) is 9.80 Å². The van der Waals surface area contributed by atoms with Gasteiger partial charge in [0.25, 0.3) is 0 Å². The van der Waals surface area contributed by atoms with Crippen LogP contribution in [0.3, 0.4) is 0 Å². The van der Waals surface area contributed by atoms with E-state index in [1.165, 1.54) is 23.1 Å². The predicted octanol–water partition coefficient (Wildman–Crippen LogP) is 3.22. The van der Waals surface area contributed by atoms with E-state index in [0.29, 0.717) is 12.5 Å². The van der Waals surface area contributed by atoms with Crippen LogP contribution < -0.4 is 5.32 Å². The molecule has 1 saturated heterocycles. The number of hydrogen-bond acceptors (Lipinski definition) is 3. The van der Waals surface area contributed by atoms with Crippen molar-refractivity contribution in [2.45, 2.75) is 32.9 Å². The topological polar surface area (TPSA) is 52.7 Å². The lowest BCUT2D eigenvalue weighted by atomic mass is 9.99. The SMILES string of the molecule is CCN(CC(=O)Nc1ccccc1C(F)(F)F)C(=O)CN1CCC(C)CC1. The Hall–Kier alpha value is -2.09. The quantitative estimate of drug-likeness (QED) is 0.818. The summed E-state index contributed by atoms with van der Waals surface area (Å²) < 4.78 is 39.1. The molecule has 0 atom stereocenters. The fourth-order valence-electron chi connectivity index (χ4n) is 3.09. The lowest BCUT2D eigenvalue weighted by molar-refractivity contribution is -0.137. The van der Waals surface area contributed by atoms with Crippen molar-refractivity contribution < 1.29 is 22.8 Å². The van der Waals surface area contributed by atoms with Gasteiger partial charge in [0, 0.05) is 6.54 Å². The zero-order valence-electron chi connectivity index (χ0n) is 15.7. The summed E-state index contributed by atoms with van der Waals surface area (Å²) in [7, 11) is 0. The van der Waals surface area contributed by atoms with Crippen molar-refractivity contribution in [3.8, 4) is 0 Å². The molecule has 0 bridgehead atoms. The van der Waals surface area contributed by atoms with Gasteiger partial charge in [0.15, 0.2) is 0 Å². The van der Waals surface area contributed by atoms with E-state index in [4.69, 9.17) is 0 Å². The Labute approximate surface area is 157 Å². The second-order valence-electron chi connectivity index (χ2n) is 6.96. The Morgan fingerprint density at radius 1 is 1.22 bits per heavy atom. The number of alkyl halides is 3. The fourth-order valence-corrected chi connectivity index (χ4v) is 3.09. The number of carbonyl (C=O) groups is 2. The highest BCUT2D eigenvalue weighted by molar-refractivity contribution is 5.95. The number of anilines is 1. The third kappa shape index (κ3) is 6.23. The first-order valence-corrected chi connectivity index (χ1v) is 9.17. The molecule has 0 aliphatic carbocycles. The molecule has 1 heterocycles. The summed E-state index contributed by atoms with van der Waals surface area (Å²) >= 11 is 0. The lowest BCUT2D eigenvalue weighted by Gasteiger charge is -2.31. The van der Waals surface area contributed by atoms with Gasteiger partial charge in [-0.05, 0) is 50.9 Å². The number of likely N-dealkylation sites (N-methyl/N-ethyl adjacent to an activating group) is 1. The van der Waals surface area contributed by atoms with E-state index in [-0.39, 0.29) is 24.7 Å². The highest BCUT2D eigenvalue weighted by Crippen LogP contribution is 2.34. The summed E-state index contributed by atoms with van der Waals surface area (Å²) in [4.78, 5) is 28.1. The van der Waals surface area contributed by atoms with Gasteiger partial charge in [-0.1, -0.05) is 19.1 Å². The number of nitrogens with one attached hydrogen (secondary N) is 1. The first-order chi connectivity index (χ1) is 12.7. The van der Waals surface area contributed by atoms with Crippen LogP contribution in [0.4, 0.5) is 18.9 Å². The molecule has 2 rings (SSSR count). The average molecular weight is 385 g/mol. The van der Waals surface area contributed by atoms with Gasteiger partial charge in [0.05, 0.1) is 24.3 Å². The van der Waals surface area contributed by atoms with Gasteiger partial charge in [0.2, 0.25) is 11.8 Å². The van der Waals surface area contributed by atoms with E-state index >= 15 is 0 Å². The third-order valence-corrected chi connectivity index (χ3v) is 4.81. The number of para-hydroxylation sites is 1. The highest BCUT2D eigenvalue weighted by atomic mass is 19.4. The molecule has 27 heavy (non-hydrogen) atoms. The fraction of sp³-hybridized carbons (Fsp3) is 0.579. The minimum Gasteiger partial charge on any atom is -0.333 e. The number of piperidine rings is 1. The maximum atomic E-state index is 13.0. The molecule has 0 aromatic heterocycles. The molecule has 2 amide bonds. The standard InChI is InChI=1S/C19H26F3N3O2/c1-3-25(18(27)13-24-10-8-14(2)9-11-24)12-17(26)23-16-7-5-4-6-15(16)19(20,21)22/h4-7,14H,3,8-13H2,1-2H3,(H,23,26). The highest BCUT2D eigenvalue weighted by Gasteiger charge is 2.33. The van der Waals surface area contributed by atoms with Crippen molar-refractivity contribution in [2.24, 2.45) is 5.92 Å². The molecule has 1 fully saturated rings. The maximum Gasteiger partial charge on any atom is 0.418 e. The number of hydrogen-bond donors (Lipinski definition) is 1. The van der Waals surface area contributed by atoms with Crippen molar-refractivity contribution >= 4 is 17.5 Å². The van der Waals surface area contributed by atoms with Crippen LogP contribution >= 0.6 is 0 Å². The number of halogens is 3. The average Bonchev–Trinajstić information content (AvgIpc) is 2.61. The van der Waals surface area contributed by atoms with Gasteiger partial charge >= 0.3 is 6.18 Å². The predicted molar refractivity (Wildman–Crippen MR) is 97.2 cm³/mol. The van der Waals surface area contributed by atoms with E-state index in [0.717, 1.165) is 32.0 Å². The second-order valence-corrected chi connectivity index (χ2v) is 6.96. The Morgan fingerprint density at radius 2 is 1.85 bits per heavy atom. The molecule has 1 aromatic carbocycles. The summed E-state index contributed by atoms with van der Waals surface area (Å²) in [6, 6.07) is 4.80. The van der Waals surface area contributed by atoms with Crippen LogP contribution in [0.5, 0.6) is 0 Å². The lowest BCUT2D eigenvalue weighted by Crippen LogP contribution is -2.45. The first-order valence-electron chi connectivity index (χ1n) is 9.17. The molecule has 0 unspecified atom stereocenters. The summed E-state index contributed by atoms with van der Waals surface area (Å²) in [6.45, 7) is 5.88. The molecule has 1 aromatic rings. The van der Waals surface area contributed by atoms with E-state index < -0.39 is 17.6 Å². The van der Waals surface area contributed by atoms with Crippen molar-refractivity contribution in [3.63, 3.8) is 0 Å². The largest absolute Gasteiger partial charge is 0.418 e. The van der Waals surface area contributed by atoms with E-state index in [9.17, 15) is 22.8 Å². The molecular formula is C19H26F3N3O2. The van der Waals surface area contributed by atoms with Gasteiger partial charge < -0.3 is 10.2 Å². The van der Waals surface area contributed by atoms with Crippen LogP contribution in [-0.2, 0) is 15.8 Å². The normalized spacial score (nSPS) is 16.2. The number of benzene rings is 1. The summed E-state index contributed by atoms with van der Waals surface area (Å²) in [5, 5.41) is 2.28. The Bertz CT molecular complexity index is 656. The summed E-state index contributed by atoms with van der Waals surface area (Å²) in [5.41, 5.74) is -1.21. The Balaban J connectivity index is 1.94. The second kappa shape index (κ2) is 9.21. The molecule has 8 heteroatoms. The van der Waals surface area contributed by atoms with Crippen LogP contribution in [0.15, 0.2) is 24.3 Å². The van der Waals surface area contributed by atoms with E-state index in [2.05, 4.69) is 17.1 Å². The van der Waals surface area contributed by atoms with Gasteiger partial charge in [-0.25, -0.2) is 0 Å². The zero-order chi connectivity index (χ0) is 20.0. The van der Waals surface area contributed by atoms with Gasteiger partial charge in [-0.15, -0.1) is 0 Å². The Morgan fingerprint density at radius 3 is 2.44 bits per heavy atom. The minimum absolute atomic E-state index is 0.189. The molecule has 0 radical (unpaired) electrons. The van der Waals surface area contributed by atoms with E-state index in [1.807, 2.05) is 0 Å². The van der Waals surface area contributed by atoms with Crippen LogP contribution in [0.1, 0.15) is 32.3 Å². The van der Waals surface area contributed by atoms with E-state index in [1.54, 1.807) is 6.92 Å². The number of rotatable bonds is 6. The minimum atomic E-state index is -4.56. The van der Waals surface area contributed by atoms with Crippen LogP contribution in [-0.4, -0.2) is 54.3 Å². The van der Waals surface area contributed by atoms with Crippen molar-refractivity contribution in [3.05, 3.63) is 29.8 Å². The maximum absolute atomic E-state index is 13.0. The molecule has 5 nitrogen and oxygen atoms in total. The molecule has 1 aliphatic rings. The van der Waals surface area contributed by atoms with Crippen LogP contribution in [0.2, 0.25) is 0 Å². The molecule has 0 saturated carbocycles.